The number of fused-ring (bicyclic) bond motifs is 1. The summed E-state index contributed by atoms with van der Waals surface area (Å²) < 4.78 is 47.8. The number of allylic oxidation sites excluding steroid dienone is 2. The Morgan fingerprint density at radius 1 is 1.38 bits per heavy atom. The van der Waals surface area contributed by atoms with Gasteiger partial charge in [0.05, 0.1) is 27.6 Å². The highest BCUT2D eigenvalue weighted by Crippen LogP contribution is 2.41. The molecule has 1 aromatic carbocycles. The Labute approximate surface area is 178 Å². The summed E-state index contributed by atoms with van der Waals surface area (Å²) in [6, 6.07) is 2.38. The van der Waals surface area contributed by atoms with Gasteiger partial charge in [-0.1, -0.05) is 36.4 Å². The molecule has 0 amide bonds. The van der Waals surface area contributed by atoms with Crippen molar-refractivity contribution in [3.05, 3.63) is 69.3 Å². The van der Waals surface area contributed by atoms with Crippen LogP contribution in [-0.4, -0.2) is 27.7 Å². The Morgan fingerprint density at radius 2 is 2.10 bits per heavy atom. The van der Waals surface area contributed by atoms with Crippen molar-refractivity contribution in [3.8, 4) is 0 Å². The van der Waals surface area contributed by atoms with E-state index in [-0.39, 0.29) is 64.2 Å². The average molecular weight is 464 g/mol. The summed E-state index contributed by atoms with van der Waals surface area (Å²) in [6.45, 7) is 7.04. The molecule has 2 aromatic rings. The number of hydrogen-bond donors (Lipinski definition) is 1. The van der Waals surface area contributed by atoms with E-state index in [4.69, 9.17) is 27.9 Å². The maximum Gasteiger partial charge on any atom is 0.273 e. The lowest BCUT2D eigenvalue weighted by atomic mass is 9.87. The van der Waals surface area contributed by atoms with E-state index in [0.29, 0.717) is 3.97 Å². The zero-order valence-corrected chi connectivity index (χ0v) is 17.1. The molecule has 0 aliphatic carbocycles. The number of anilines is 1. The Balaban J connectivity index is 2.17. The largest absolute Gasteiger partial charge is 0.379 e. The van der Waals surface area contributed by atoms with Gasteiger partial charge in [-0.15, -0.1) is 3.89 Å². The molecule has 1 N–H and O–H groups in total. The van der Waals surface area contributed by atoms with Crippen LogP contribution in [0.25, 0.3) is 10.9 Å². The van der Waals surface area contributed by atoms with Crippen molar-refractivity contribution < 1.29 is 17.4 Å². The Bertz CT molecular complexity index is 1100. The Hall–Kier alpha value is -1.94. The van der Waals surface area contributed by atoms with Crippen molar-refractivity contribution in [1.29, 1.82) is 0 Å². The number of halogens is 5. The third kappa shape index (κ3) is 4.05. The maximum absolute atomic E-state index is 14.6. The van der Waals surface area contributed by atoms with Gasteiger partial charge in [0.2, 0.25) is 0 Å². The third-order valence-corrected chi connectivity index (χ3v) is 5.58. The molecule has 29 heavy (non-hydrogen) atoms. The first-order valence-corrected chi connectivity index (χ1v) is 9.59. The van der Waals surface area contributed by atoms with E-state index >= 15 is 0 Å². The molecule has 1 saturated heterocycles. The molecular formula is C18H14Cl2F3N3O2S. The van der Waals surface area contributed by atoms with Crippen LogP contribution in [0.3, 0.4) is 0 Å². The highest BCUT2D eigenvalue weighted by atomic mass is 35.5. The minimum absolute atomic E-state index is 0.0249. The number of nitrogens with one attached hydrogen (secondary N) is 1. The van der Waals surface area contributed by atoms with Crippen molar-refractivity contribution in [2.75, 3.05) is 18.5 Å². The minimum atomic E-state index is -1.24. The number of benzene rings is 1. The van der Waals surface area contributed by atoms with Crippen LogP contribution in [0.15, 0.2) is 57.9 Å². The number of nitrogens with zero attached hydrogens (tertiary/aromatic N) is 2. The molecule has 0 bridgehead atoms. The summed E-state index contributed by atoms with van der Waals surface area (Å²) in [4.78, 5) is 16.1. The molecule has 0 radical (unpaired) electrons. The molecule has 1 unspecified atom stereocenters. The quantitative estimate of drug-likeness (QED) is 0.595. The van der Waals surface area contributed by atoms with Gasteiger partial charge >= 0.3 is 0 Å². The van der Waals surface area contributed by atoms with E-state index in [1.165, 1.54) is 6.07 Å². The van der Waals surface area contributed by atoms with Crippen molar-refractivity contribution in [2.45, 2.75) is 12.0 Å². The van der Waals surface area contributed by atoms with Crippen LogP contribution in [0.5, 0.6) is 0 Å². The number of rotatable bonds is 6. The van der Waals surface area contributed by atoms with E-state index < -0.39 is 22.7 Å². The first-order chi connectivity index (χ1) is 13.7. The maximum atomic E-state index is 14.6. The fourth-order valence-corrected chi connectivity index (χ4v) is 3.84. The van der Waals surface area contributed by atoms with Gasteiger partial charge in [-0.05, 0) is 12.1 Å². The van der Waals surface area contributed by atoms with Crippen LogP contribution < -0.4 is 10.9 Å². The summed E-state index contributed by atoms with van der Waals surface area (Å²) in [7, 11) is 0. The van der Waals surface area contributed by atoms with Crippen molar-refractivity contribution in [1.82, 2.24) is 8.96 Å². The van der Waals surface area contributed by atoms with E-state index in [2.05, 4.69) is 23.5 Å². The highest BCUT2D eigenvalue weighted by Gasteiger charge is 2.42. The first kappa shape index (κ1) is 21.8. The third-order valence-electron chi connectivity index (χ3n) is 4.47. The summed E-state index contributed by atoms with van der Waals surface area (Å²) in [5, 5.41) is 2.56. The van der Waals surface area contributed by atoms with Gasteiger partial charge in [0.1, 0.15) is 17.7 Å². The van der Waals surface area contributed by atoms with Gasteiger partial charge in [0, 0.05) is 24.3 Å². The van der Waals surface area contributed by atoms with Gasteiger partial charge in [-0.2, -0.15) is 0 Å². The number of hydrogen-bond acceptors (Lipinski definition) is 5. The predicted octanol–water partition coefficient (Wildman–Crippen LogP) is 5.22. The summed E-state index contributed by atoms with van der Waals surface area (Å²) in [6.07, 6.45) is 1.14. The number of aromatic nitrogens is 2. The molecule has 0 spiro atoms. The summed E-state index contributed by atoms with van der Waals surface area (Å²) >= 11 is 11.7. The fraction of sp³-hybridized carbons (Fsp3) is 0.222. The molecule has 1 aromatic heterocycles. The van der Waals surface area contributed by atoms with E-state index in [1.54, 1.807) is 0 Å². The Morgan fingerprint density at radius 3 is 2.66 bits per heavy atom. The SMILES string of the molecule is C=C(Cl)/C(Cl)=C(\C(=C)F)C1(Nc2cc(F)c3ncn(SF)c(=O)c3c2)CCOC1. The van der Waals surface area contributed by atoms with E-state index in [9.17, 15) is 17.5 Å². The monoisotopic (exact) mass is 463 g/mol. The van der Waals surface area contributed by atoms with Crippen LogP contribution in [0, 0.1) is 5.82 Å². The average Bonchev–Trinajstić information content (AvgIpc) is 3.11. The van der Waals surface area contributed by atoms with Crippen LogP contribution >= 0.6 is 35.5 Å². The zero-order valence-electron chi connectivity index (χ0n) is 14.8. The van der Waals surface area contributed by atoms with Gasteiger partial charge in [0.15, 0.2) is 18.2 Å². The molecule has 2 heterocycles. The summed E-state index contributed by atoms with van der Waals surface area (Å²) in [5.41, 5.74) is -2.22. The highest BCUT2D eigenvalue weighted by molar-refractivity contribution is 7.92. The standard InChI is InChI=1S/C18H14Cl2F3N3O2S/c1-9(19)15(20)14(10(2)21)18(3-4-28-7-18)25-11-5-12-16(13(22)6-11)24-8-26(29-23)17(12)27/h5-6,8,25H,1-4,7H2/b15-14-. The van der Waals surface area contributed by atoms with E-state index in [1.807, 2.05) is 0 Å². The first-order valence-electron chi connectivity index (χ1n) is 8.16. The van der Waals surface area contributed by atoms with Crippen LogP contribution in [0.2, 0.25) is 0 Å². The second-order valence-electron chi connectivity index (χ2n) is 6.31. The van der Waals surface area contributed by atoms with Crippen LogP contribution in [0.4, 0.5) is 18.4 Å². The number of ether oxygens (including phenoxy) is 1. The van der Waals surface area contributed by atoms with Gasteiger partial charge < -0.3 is 10.1 Å². The Kier molecular flexibility index (Phi) is 6.33. The van der Waals surface area contributed by atoms with Crippen LogP contribution in [0.1, 0.15) is 6.42 Å². The topological polar surface area (TPSA) is 56.2 Å². The van der Waals surface area contributed by atoms with Crippen LogP contribution in [-0.2, 0) is 4.74 Å². The molecule has 11 heteroatoms. The zero-order chi connectivity index (χ0) is 21.3. The lowest BCUT2D eigenvalue weighted by molar-refractivity contribution is 0.187. The minimum Gasteiger partial charge on any atom is -0.379 e. The second kappa shape index (κ2) is 8.43. The van der Waals surface area contributed by atoms with Gasteiger partial charge in [-0.3, -0.25) is 4.79 Å². The lowest BCUT2D eigenvalue weighted by Gasteiger charge is -2.33. The summed E-state index contributed by atoms with van der Waals surface area (Å²) in [5.74, 6) is -1.68. The smallest absolute Gasteiger partial charge is 0.273 e. The molecule has 3 rings (SSSR count). The molecule has 1 fully saturated rings. The molecule has 5 nitrogen and oxygen atoms in total. The van der Waals surface area contributed by atoms with Crippen molar-refractivity contribution in [3.63, 3.8) is 0 Å². The molecule has 1 atom stereocenters. The molecule has 1 aliphatic rings. The van der Waals surface area contributed by atoms with Gasteiger partial charge in [-0.25, -0.2) is 17.7 Å². The van der Waals surface area contributed by atoms with E-state index in [0.717, 1.165) is 12.4 Å². The molecule has 0 saturated carbocycles. The molecule has 154 valence electrons. The molecule has 1 aliphatic heterocycles. The lowest BCUT2D eigenvalue weighted by Crippen LogP contribution is -2.42. The molecular weight excluding hydrogens is 450 g/mol. The normalized spacial score (nSPS) is 19.9. The second-order valence-corrected chi connectivity index (χ2v) is 7.67. The van der Waals surface area contributed by atoms with Crippen molar-refractivity contribution >= 4 is 52.1 Å². The fourth-order valence-electron chi connectivity index (χ4n) is 3.22. The van der Waals surface area contributed by atoms with Crippen molar-refractivity contribution in [2.24, 2.45) is 0 Å². The van der Waals surface area contributed by atoms with Gasteiger partial charge in [0.25, 0.3) is 5.56 Å². The predicted molar refractivity (Wildman–Crippen MR) is 110 cm³/mol.